The first-order valence-electron chi connectivity index (χ1n) is 7.35. The molecule has 0 aromatic rings. The average Bonchev–Trinajstić information content (AvgIpc) is 2.73. The maximum Gasteiger partial charge on any atom is 0.0883 e. The van der Waals surface area contributed by atoms with Gasteiger partial charge in [-0.05, 0) is 51.6 Å². The number of rotatable bonds is 9. The Labute approximate surface area is 148 Å². The van der Waals surface area contributed by atoms with E-state index in [4.69, 9.17) is 4.74 Å². The minimum atomic E-state index is -0.448. The van der Waals surface area contributed by atoms with Crippen molar-refractivity contribution in [2.24, 2.45) is 11.8 Å². The predicted molar refractivity (Wildman–Crippen MR) is 77.0 cm³/mol. The summed E-state index contributed by atoms with van der Waals surface area (Å²) in [6.45, 7) is 1.17. The largest absolute Gasteiger partial charge is 0.396 e. The Morgan fingerprint density at radius 3 is 2.55 bits per heavy atom. The molecule has 0 amide bonds. The number of aliphatic hydroxyl groups is 2. The number of unbranched alkanes of at least 4 members (excludes halogenated alkanes) is 2. The monoisotopic (exact) mass is 360 g/mol. The SMILES string of the molecule is CNCCCC/C=C/CC1CC(CO)C(OC)C1O.[Y]. The van der Waals surface area contributed by atoms with Crippen molar-refractivity contribution in [3.8, 4) is 0 Å². The molecule has 1 aliphatic carbocycles. The Bertz CT molecular complexity index is 264. The van der Waals surface area contributed by atoms with Crippen LogP contribution in [0.15, 0.2) is 12.2 Å². The first-order valence-corrected chi connectivity index (χ1v) is 7.35. The number of aliphatic hydroxyl groups excluding tert-OH is 2. The zero-order chi connectivity index (χ0) is 14.1. The van der Waals surface area contributed by atoms with Gasteiger partial charge in [0.2, 0.25) is 0 Å². The maximum absolute atomic E-state index is 10.1. The second-order valence-electron chi connectivity index (χ2n) is 5.44. The molecule has 0 aromatic carbocycles. The number of nitrogens with one attached hydrogen (secondary N) is 1. The van der Waals surface area contributed by atoms with Crippen molar-refractivity contribution in [2.75, 3.05) is 27.3 Å². The van der Waals surface area contributed by atoms with E-state index in [0.29, 0.717) is 0 Å². The molecule has 0 aromatic heterocycles. The number of methoxy groups -OCH3 is 1. The van der Waals surface area contributed by atoms with Crippen LogP contribution in [0.2, 0.25) is 0 Å². The molecule has 1 aliphatic rings. The summed E-state index contributed by atoms with van der Waals surface area (Å²) in [6, 6.07) is 0. The predicted octanol–water partition coefficient (Wildman–Crippen LogP) is 1.32. The molecular formula is C15H29NO3Y. The summed E-state index contributed by atoms with van der Waals surface area (Å²) in [5.41, 5.74) is 0. The zero-order valence-corrected chi connectivity index (χ0v) is 15.6. The summed E-state index contributed by atoms with van der Waals surface area (Å²) < 4.78 is 5.29. The van der Waals surface area contributed by atoms with Gasteiger partial charge in [-0.2, -0.15) is 0 Å². The summed E-state index contributed by atoms with van der Waals surface area (Å²) in [5.74, 6) is 0.296. The van der Waals surface area contributed by atoms with Crippen LogP contribution in [-0.4, -0.2) is 49.7 Å². The van der Waals surface area contributed by atoms with E-state index < -0.39 is 6.10 Å². The van der Waals surface area contributed by atoms with Crippen molar-refractivity contribution >= 4 is 0 Å². The molecule has 0 spiro atoms. The third-order valence-electron chi connectivity index (χ3n) is 4.05. The van der Waals surface area contributed by atoms with Crippen molar-refractivity contribution in [2.45, 2.75) is 44.3 Å². The van der Waals surface area contributed by atoms with Gasteiger partial charge in [0, 0.05) is 52.3 Å². The molecule has 1 fully saturated rings. The van der Waals surface area contributed by atoms with Crippen LogP contribution in [0.25, 0.3) is 0 Å². The Balaban J connectivity index is 0.00000361. The standard InChI is InChI=1S/C15H29NO3.Y/c1-16-9-7-5-3-4-6-8-12-10-13(11-17)15(19-2)14(12)18;/h4,6,12-18H,3,5,7-11H2,1-2H3;/b6-4+;. The molecular weight excluding hydrogens is 331 g/mol. The first-order chi connectivity index (χ1) is 9.24. The fourth-order valence-electron chi connectivity index (χ4n) is 2.91. The van der Waals surface area contributed by atoms with Gasteiger partial charge < -0.3 is 20.3 Å². The van der Waals surface area contributed by atoms with Crippen molar-refractivity contribution in [1.29, 1.82) is 0 Å². The van der Waals surface area contributed by atoms with Gasteiger partial charge in [-0.1, -0.05) is 12.2 Å². The topological polar surface area (TPSA) is 61.7 Å². The molecule has 0 saturated heterocycles. The summed E-state index contributed by atoms with van der Waals surface area (Å²) in [7, 11) is 3.58. The molecule has 1 saturated carbocycles. The quantitative estimate of drug-likeness (QED) is 0.429. The van der Waals surface area contributed by atoms with E-state index in [1.807, 2.05) is 7.05 Å². The Morgan fingerprint density at radius 1 is 1.25 bits per heavy atom. The molecule has 0 heterocycles. The van der Waals surface area contributed by atoms with E-state index in [1.165, 1.54) is 12.8 Å². The fraction of sp³-hybridized carbons (Fsp3) is 0.867. The number of hydrogen-bond donors (Lipinski definition) is 3. The Morgan fingerprint density at radius 2 is 2.00 bits per heavy atom. The Kier molecular flexibility index (Phi) is 12.7. The van der Waals surface area contributed by atoms with Crippen LogP contribution in [0.4, 0.5) is 0 Å². The summed E-state index contributed by atoms with van der Waals surface area (Å²) in [4.78, 5) is 0. The third-order valence-corrected chi connectivity index (χ3v) is 4.05. The fourth-order valence-corrected chi connectivity index (χ4v) is 2.91. The van der Waals surface area contributed by atoms with Crippen LogP contribution in [0.3, 0.4) is 0 Å². The molecule has 0 bridgehead atoms. The van der Waals surface area contributed by atoms with Gasteiger partial charge in [0.25, 0.3) is 0 Å². The number of allylic oxidation sites excluding steroid dienone is 2. The summed E-state index contributed by atoms with van der Waals surface area (Å²) >= 11 is 0. The molecule has 4 nitrogen and oxygen atoms in total. The minimum Gasteiger partial charge on any atom is -0.396 e. The number of hydrogen-bond acceptors (Lipinski definition) is 4. The molecule has 20 heavy (non-hydrogen) atoms. The van der Waals surface area contributed by atoms with Crippen LogP contribution in [0, 0.1) is 11.8 Å². The average molecular weight is 360 g/mol. The van der Waals surface area contributed by atoms with Crippen molar-refractivity contribution in [1.82, 2.24) is 5.32 Å². The van der Waals surface area contributed by atoms with Gasteiger partial charge in [0.1, 0.15) is 0 Å². The summed E-state index contributed by atoms with van der Waals surface area (Å²) in [5, 5.41) is 22.6. The Hall–Kier alpha value is 0.684. The molecule has 1 radical (unpaired) electrons. The molecule has 4 unspecified atom stereocenters. The molecule has 5 heteroatoms. The molecule has 0 aliphatic heterocycles. The van der Waals surface area contributed by atoms with Crippen LogP contribution in [-0.2, 0) is 37.4 Å². The van der Waals surface area contributed by atoms with Crippen molar-refractivity contribution < 1.29 is 47.7 Å². The van der Waals surface area contributed by atoms with Crippen molar-refractivity contribution in [3.63, 3.8) is 0 Å². The van der Waals surface area contributed by atoms with E-state index in [2.05, 4.69) is 17.5 Å². The van der Waals surface area contributed by atoms with Crippen LogP contribution in [0.1, 0.15) is 32.1 Å². The zero-order valence-electron chi connectivity index (χ0n) is 12.8. The van der Waals surface area contributed by atoms with Gasteiger partial charge in [-0.3, -0.25) is 0 Å². The maximum atomic E-state index is 10.1. The normalized spacial score (nSPS) is 29.8. The van der Waals surface area contributed by atoms with E-state index in [-0.39, 0.29) is 57.3 Å². The minimum absolute atomic E-state index is 0. The first kappa shape index (κ1) is 20.7. The van der Waals surface area contributed by atoms with Gasteiger partial charge in [0.15, 0.2) is 0 Å². The van der Waals surface area contributed by atoms with Crippen LogP contribution >= 0.6 is 0 Å². The smallest absolute Gasteiger partial charge is 0.0883 e. The van der Waals surface area contributed by atoms with E-state index >= 15 is 0 Å². The molecule has 115 valence electrons. The van der Waals surface area contributed by atoms with E-state index in [0.717, 1.165) is 25.8 Å². The summed E-state index contributed by atoms with van der Waals surface area (Å²) in [6.07, 6.45) is 8.94. The van der Waals surface area contributed by atoms with Gasteiger partial charge >= 0.3 is 0 Å². The number of ether oxygens (including phenoxy) is 1. The van der Waals surface area contributed by atoms with Gasteiger partial charge in [0.05, 0.1) is 12.2 Å². The third kappa shape index (κ3) is 6.63. The van der Waals surface area contributed by atoms with E-state index in [1.54, 1.807) is 7.11 Å². The molecule has 1 rings (SSSR count). The second-order valence-corrected chi connectivity index (χ2v) is 5.44. The van der Waals surface area contributed by atoms with Gasteiger partial charge in [-0.15, -0.1) is 0 Å². The second kappa shape index (κ2) is 12.3. The van der Waals surface area contributed by atoms with Crippen LogP contribution < -0.4 is 5.32 Å². The van der Waals surface area contributed by atoms with Gasteiger partial charge in [-0.25, -0.2) is 0 Å². The van der Waals surface area contributed by atoms with Crippen LogP contribution in [0.5, 0.6) is 0 Å². The van der Waals surface area contributed by atoms with E-state index in [9.17, 15) is 10.2 Å². The molecule has 3 N–H and O–H groups in total. The van der Waals surface area contributed by atoms with Crippen molar-refractivity contribution in [3.05, 3.63) is 12.2 Å². The molecule has 4 atom stereocenters.